The predicted molar refractivity (Wildman–Crippen MR) is 64.8 cm³/mol. The maximum absolute atomic E-state index is 11.9. The van der Waals surface area contributed by atoms with Gasteiger partial charge in [0, 0.05) is 16.8 Å². The molecule has 0 saturated carbocycles. The third kappa shape index (κ3) is 2.28. The van der Waals surface area contributed by atoms with Crippen LogP contribution in [0.3, 0.4) is 0 Å². The van der Waals surface area contributed by atoms with Crippen LogP contribution in [0.2, 0.25) is 0 Å². The molecule has 5 heteroatoms. The molecule has 0 aliphatic heterocycles. The van der Waals surface area contributed by atoms with Crippen LogP contribution in [-0.2, 0) is 0 Å². The number of nitrogens with one attached hydrogen (secondary N) is 1. The summed E-state index contributed by atoms with van der Waals surface area (Å²) in [6.45, 7) is 3.65. The number of rotatable bonds is 2. The Morgan fingerprint density at radius 3 is 2.76 bits per heavy atom. The average Bonchev–Trinajstić information content (AvgIpc) is 2.61. The van der Waals surface area contributed by atoms with Gasteiger partial charge < -0.3 is 10.3 Å². The number of nitrogens with two attached hydrogens (primary N) is 1. The number of amides is 1. The third-order valence-electron chi connectivity index (χ3n) is 2.53. The first-order valence-electron chi connectivity index (χ1n) is 5.17. The van der Waals surface area contributed by atoms with Crippen molar-refractivity contribution in [1.82, 2.24) is 5.16 Å². The molecule has 0 unspecified atom stereocenters. The Balaban J connectivity index is 2.20. The molecule has 17 heavy (non-hydrogen) atoms. The molecule has 1 aromatic heterocycles. The Bertz CT molecular complexity index is 561. The molecule has 2 aromatic rings. The molecule has 1 heterocycles. The molecule has 88 valence electrons. The van der Waals surface area contributed by atoms with Gasteiger partial charge in [0.15, 0.2) is 0 Å². The van der Waals surface area contributed by atoms with Crippen molar-refractivity contribution in [2.24, 2.45) is 0 Å². The van der Waals surface area contributed by atoms with Crippen LogP contribution in [0.5, 0.6) is 0 Å². The van der Waals surface area contributed by atoms with E-state index in [2.05, 4.69) is 10.5 Å². The molecule has 0 aliphatic carbocycles. The van der Waals surface area contributed by atoms with E-state index in [1.807, 2.05) is 13.8 Å². The fourth-order valence-electron chi connectivity index (χ4n) is 1.39. The Hall–Kier alpha value is -2.30. The van der Waals surface area contributed by atoms with E-state index in [1.165, 1.54) is 0 Å². The molecule has 2 rings (SSSR count). The molecule has 0 atom stereocenters. The highest BCUT2D eigenvalue weighted by molar-refractivity contribution is 6.04. The Morgan fingerprint density at radius 1 is 1.41 bits per heavy atom. The molecular weight excluding hydrogens is 218 g/mol. The zero-order chi connectivity index (χ0) is 12.4. The van der Waals surface area contributed by atoms with Crippen LogP contribution in [0.25, 0.3) is 0 Å². The van der Waals surface area contributed by atoms with Crippen LogP contribution >= 0.6 is 0 Å². The second-order valence-electron chi connectivity index (χ2n) is 3.80. The summed E-state index contributed by atoms with van der Waals surface area (Å²) in [5.74, 6) is 0.103. The highest BCUT2D eigenvalue weighted by Gasteiger charge is 2.13. The van der Waals surface area contributed by atoms with Crippen LogP contribution in [0.4, 0.5) is 11.6 Å². The molecular formula is C12H13N3O2. The standard InChI is InChI=1S/C12H13N3O2/c1-7-8(2)15-17-12(7)14-11(16)9-4-3-5-10(13)6-9/h3-6H,13H2,1-2H3,(H,14,16). The van der Waals surface area contributed by atoms with Gasteiger partial charge in [0.05, 0.1) is 5.69 Å². The van der Waals surface area contributed by atoms with Crippen molar-refractivity contribution in [3.8, 4) is 0 Å². The van der Waals surface area contributed by atoms with Gasteiger partial charge in [-0.25, -0.2) is 0 Å². The maximum Gasteiger partial charge on any atom is 0.258 e. The van der Waals surface area contributed by atoms with E-state index in [4.69, 9.17) is 10.3 Å². The van der Waals surface area contributed by atoms with Crippen LogP contribution < -0.4 is 11.1 Å². The minimum Gasteiger partial charge on any atom is -0.399 e. The maximum atomic E-state index is 11.9. The van der Waals surface area contributed by atoms with Crippen molar-refractivity contribution in [2.45, 2.75) is 13.8 Å². The topological polar surface area (TPSA) is 81.2 Å². The quantitative estimate of drug-likeness (QED) is 0.776. The van der Waals surface area contributed by atoms with Crippen molar-refractivity contribution in [3.05, 3.63) is 41.1 Å². The Morgan fingerprint density at radius 2 is 2.18 bits per heavy atom. The smallest absolute Gasteiger partial charge is 0.258 e. The summed E-state index contributed by atoms with van der Waals surface area (Å²) in [5, 5.41) is 6.42. The van der Waals surface area contributed by atoms with Crippen LogP contribution in [0, 0.1) is 13.8 Å². The predicted octanol–water partition coefficient (Wildman–Crippen LogP) is 2.13. The van der Waals surface area contributed by atoms with Gasteiger partial charge in [-0.1, -0.05) is 11.2 Å². The first-order chi connectivity index (χ1) is 8.08. The molecule has 1 aromatic carbocycles. The fraction of sp³-hybridized carbons (Fsp3) is 0.167. The molecule has 1 amide bonds. The molecule has 0 fully saturated rings. The van der Waals surface area contributed by atoms with Crippen LogP contribution in [-0.4, -0.2) is 11.1 Å². The van der Waals surface area contributed by atoms with Crippen molar-refractivity contribution in [2.75, 3.05) is 11.1 Å². The summed E-state index contributed by atoms with van der Waals surface area (Å²) >= 11 is 0. The summed E-state index contributed by atoms with van der Waals surface area (Å²) < 4.78 is 5.00. The minimum absolute atomic E-state index is 0.267. The lowest BCUT2D eigenvalue weighted by molar-refractivity contribution is 0.102. The lowest BCUT2D eigenvalue weighted by atomic mass is 10.2. The number of aryl methyl sites for hydroxylation is 1. The number of hydrogen-bond acceptors (Lipinski definition) is 4. The number of aromatic nitrogens is 1. The second kappa shape index (κ2) is 4.29. The molecule has 3 N–H and O–H groups in total. The SMILES string of the molecule is Cc1noc(NC(=O)c2cccc(N)c2)c1C. The van der Waals surface area contributed by atoms with Gasteiger partial charge in [-0.3, -0.25) is 10.1 Å². The first kappa shape index (κ1) is 11.2. The van der Waals surface area contributed by atoms with Crippen molar-refractivity contribution < 1.29 is 9.32 Å². The summed E-state index contributed by atoms with van der Waals surface area (Å²) in [4.78, 5) is 11.9. The van der Waals surface area contributed by atoms with Gasteiger partial charge in [0.2, 0.25) is 5.88 Å². The Labute approximate surface area is 98.6 Å². The summed E-state index contributed by atoms with van der Waals surface area (Å²) in [7, 11) is 0. The van der Waals surface area contributed by atoms with E-state index in [9.17, 15) is 4.79 Å². The number of anilines is 2. The van der Waals surface area contributed by atoms with Gasteiger partial charge in [0.25, 0.3) is 5.91 Å². The summed E-state index contributed by atoms with van der Waals surface area (Å²) in [5.41, 5.74) is 8.22. The zero-order valence-corrected chi connectivity index (χ0v) is 9.65. The molecule has 0 bridgehead atoms. The van der Waals surface area contributed by atoms with Gasteiger partial charge >= 0.3 is 0 Å². The van der Waals surface area contributed by atoms with E-state index in [-0.39, 0.29) is 5.91 Å². The van der Waals surface area contributed by atoms with Crippen molar-refractivity contribution >= 4 is 17.5 Å². The van der Waals surface area contributed by atoms with E-state index >= 15 is 0 Å². The molecule has 0 aliphatic rings. The number of carbonyl (C=O) groups is 1. The number of benzene rings is 1. The summed E-state index contributed by atoms with van der Waals surface area (Å²) in [6, 6.07) is 6.74. The summed E-state index contributed by atoms with van der Waals surface area (Å²) in [6.07, 6.45) is 0. The minimum atomic E-state index is -0.267. The van der Waals surface area contributed by atoms with Crippen molar-refractivity contribution in [3.63, 3.8) is 0 Å². The number of nitrogen functional groups attached to an aromatic ring is 1. The normalized spacial score (nSPS) is 10.2. The van der Waals surface area contributed by atoms with E-state index in [0.717, 1.165) is 11.3 Å². The molecule has 0 saturated heterocycles. The highest BCUT2D eigenvalue weighted by atomic mass is 16.5. The van der Waals surface area contributed by atoms with Crippen LogP contribution in [0.15, 0.2) is 28.8 Å². The number of carbonyl (C=O) groups excluding carboxylic acids is 1. The van der Waals surface area contributed by atoms with Gasteiger partial charge in [0.1, 0.15) is 0 Å². The fourth-order valence-corrected chi connectivity index (χ4v) is 1.39. The zero-order valence-electron chi connectivity index (χ0n) is 9.65. The van der Waals surface area contributed by atoms with E-state index in [1.54, 1.807) is 24.3 Å². The number of hydrogen-bond donors (Lipinski definition) is 2. The highest BCUT2D eigenvalue weighted by Crippen LogP contribution is 2.18. The largest absolute Gasteiger partial charge is 0.399 e. The monoisotopic (exact) mass is 231 g/mol. The lowest BCUT2D eigenvalue weighted by Crippen LogP contribution is -2.12. The van der Waals surface area contributed by atoms with Gasteiger partial charge in [-0.05, 0) is 32.0 Å². The molecule has 0 spiro atoms. The second-order valence-corrected chi connectivity index (χ2v) is 3.80. The average molecular weight is 231 g/mol. The third-order valence-corrected chi connectivity index (χ3v) is 2.53. The van der Waals surface area contributed by atoms with Crippen LogP contribution in [0.1, 0.15) is 21.6 Å². The molecule has 0 radical (unpaired) electrons. The first-order valence-corrected chi connectivity index (χ1v) is 5.17. The Kier molecular flexibility index (Phi) is 2.82. The van der Waals surface area contributed by atoms with E-state index < -0.39 is 0 Å². The lowest BCUT2D eigenvalue weighted by Gasteiger charge is -2.03. The van der Waals surface area contributed by atoms with Gasteiger partial charge in [-0.15, -0.1) is 0 Å². The van der Waals surface area contributed by atoms with Gasteiger partial charge in [-0.2, -0.15) is 0 Å². The van der Waals surface area contributed by atoms with Crippen molar-refractivity contribution in [1.29, 1.82) is 0 Å². The molecule has 5 nitrogen and oxygen atoms in total. The van der Waals surface area contributed by atoms with E-state index in [0.29, 0.717) is 17.1 Å². The number of nitrogens with zero attached hydrogens (tertiary/aromatic N) is 1.